The van der Waals surface area contributed by atoms with Crippen molar-refractivity contribution in [2.24, 2.45) is 0 Å². The lowest BCUT2D eigenvalue weighted by molar-refractivity contribution is 0.0933. The summed E-state index contributed by atoms with van der Waals surface area (Å²) in [4.78, 5) is 21.6. The number of rotatable bonds is 5. The summed E-state index contributed by atoms with van der Waals surface area (Å²) in [5.74, 6) is 0.728. The van der Waals surface area contributed by atoms with Crippen LogP contribution in [0.15, 0.2) is 65.4 Å². The molecule has 0 bridgehead atoms. The zero-order chi connectivity index (χ0) is 22.9. The van der Waals surface area contributed by atoms with E-state index >= 15 is 0 Å². The number of nitrogens with one attached hydrogen (secondary N) is 1. The third kappa shape index (κ3) is 4.22. The Balaban J connectivity index is 1.32. The number of amides is 1. The van der Waals surface area contributed by atoms with E-state index < -0.39 is 0 Å². The lowest BCUT2D eigenvalue weighted by atomic mass is 10.0. The van der Waals surface area contributed by atoms with Crippen molar-refractivity contribution in [3.05, 3.63) is 89.3 Å². The number of carbonyl (C=O) groups excluding carboxylic acids is 1. The van der Waals surface area contributed by atoms with Crippen LogP contribution in [0.3, 0.4) is 0 Å². The SMILES string of the molecule is Cc1cnc(C)c(-c2cc(F)cc3c2O[C@H](CNC(=O)c2cccc(-c4ccco4)c2)C3)n1. The summed E-state index contributed by atoms with van der Waals surface area (Å²) < 4.78 is 25.9. The van der Waals surface area contributed by atoms with Gasteiger partial charge in [0.15, 0.2) is 0 Å². The molecule has 33 heavy (non-hydrogen) atoms. The van der Waals surface area contributed by atoms with Crippen molar-refractivity contribution in [2.45, 2.75) is 26.4 Å². The molecule has 5 rings (SSSR count). The van der Waals surface area contributed by atoms with Gasteiger partial charge in [-0.25, -0.2) is 9.37 Å². The highest BCUT2D eigenvalue weighted by Gasteiger charge is 2.28. The Morgan fingerprint density at radius 2 is 2.06 bits per heavy atom. The van der Waals surface area contributed by atoms with Crippen LogP contribution in [-0.2, 0) is 6.42 Å². The van der Waals surface area contributed by atoms with E-state index in [0.29, 0.717) is 40.4 Å². The van der Waals surface area contributed by atoms with Gasteiger partial charge in [-0.2, -0.15) is 0 Å². The van der Waals surface area contributed by atoms with E-state index in [1.807, 2.05) is 32.0 Å². The minimum absolute atomic E-state index is 0.213. The van der Waals surface area contributed by atoms with Crippen molar-refractivity contribution in [3.63, 3.8) is 0 Å². The quantitative estimate of drug-likeness (QED) is 0.475. The number of fused-ring (bicyclic) bond motifs is 1. The zero-order valence-corrected chi connectivity index (χ0v) is 18.3. The molecule has 1 atom stereocenters. The largest absolute Gasteiger partial charge is 0.487 e. The van der Waals surface area contributed by atoms with E-state index in [4.69, 9.17) is 9.15 Å². The Hall–Kier alpha value is -4.00. The standard InChI is InChI=1S/C26H22FN3O3/c1-15-13-28-16(2)24(30-15)22-12-20(27)10-19-11-21(33-25(19)22)14-29-26(31)18-6-3-5-17(9-18)23-7-4-8-32-23/h3-10,12-13,21H,11,14H2,1-2H3,(H,29,31)/t21-/m0/s1. The lowest BCUT2D eigenvalue weighted by Gasteiger charge is -2.14. The number of carbonyl (C=O) groups is 1. The molecular formula is C26H22FN3O3. The second-order valence-corrected chi connectivity index (χ2v) is 8.10. The summed E-state index contributed by atoms with van der Waals surface area (Å²) >= 11 is 0. The summed E-state index contributed by atoms with van der Waals surface area (Å²) in [6, 6.07) is 13.8. The maximum Gasteiger partial charge on any atom is 0.251 e. The van der Waals surface area contributed by atoms with Crippen LogP contribution < -0.4 is 10.1 Å². The Kier molecular flexibility index (Phi) is 5.38. The number of ether oxygens (including phenoxy) is 1. The first kappa shape index (κ1) is 20.9. The van der Waals surface area contributed by atoms with Gasteiger partial charge < -0.3 is 14.5 Å². The fourth-order valence-electron chi connectivity index (χ4n) is 4.04. The highest BCUT2D eigenvalue weighted by molar-refractivity contribution is 5.95. The molecule has 0 saturated heterocycles. The van der Waals surface area contributed by atoms with Gasteiger partial charge in [-0.15, -0.1) is 0 Å². The molecule has 0 fully saturated rings. The smallest absolute Gasteiger partial charge is 0.251 e. The molecule has 1 amide bonds. The normalized spacial score (nSPS) is 14.6. The molecule has 3 heterocycles. The van der Waals surface area contributed by atoms with Crippen LogP contribution >= 0.6 is 0 Å². The molecule has 0 spiro atoms. The number of aryl methyl sites for hydroxylation is 2. The first-order valence-corrected chi connectivity index (χ1v) is 10.7. The van der Waals surface area contributed by atoms with Crippen LogP contribution in [0.5, 0.6) is 5.75 Å². The molecule has 166 valence electrons. The molecule has 0 aliphatic carbocycles. The lowest BCUT2D eigenvalue weighted by Crippen LogP contribution is -2.34. The minimum atomic E-state index is -0.352. The number of aromatic nitrogens is 2. The van der Waals surface area contributed by atoms with Crippen molar-refractivity contribution in [2.75, 3.05) is 6.54 Å². The van der Waals surface area contributed by atoms with Gasteiger partial charge in [0.2, 0.25) is 0 Å². The third-order valence-corrected chi connectivity index (χ3v) is 5.61. The van der Waals surface area contributed by atoms with Gasteiger partial charge in [-0.1, -0.05) is 12.1 Å². The molecule has 0 radical (unpaired) electrons. The monoisotopic (exact) mass is 443 g/mol. The van der Waals surface area contributed by atoms with E-state index in [1.165, 1.54) is 12.1 Å². The Labute approximate surface area is 190 Å². The fraction of sp³-hybridized carbons (Fsp3) is 0.192. The summed E-state index contributed by atoms with van der Waals surface area (Å²) in [6.07, 6.45) is 3.46. The number of hydrogen-bond donors (Lipinski definition) is 1. The third-order valence-electron chi connectivity index (χ3n) is 5.61. The average molecular weight is 443 g/mol. The summed E-state index contributed by atoms with van der Waals surface area (Å²) in [7, 11) is 0. The Morgan fingerprint density at radius 3 is 2.88 bits per heavy atom. The minimum Gasteiger partial charge on any atom is -0.487 e. The molecular weight excluding hydrogens is 421 g/mol. The molecule has 1 N–H and O–H groups in total. The first-order chi connectivity index (χ1) is 16.0. The van der Waals surface area contributed by atoms with Crippen LogP contribution in [-0.4, -0.2) is 28.5 Å². The van der Waals surface area contributed by atoms with Gasteiger partial charge in [0.05, 0.1) is 29.9 Å². The molecule has 2 aromatic carbocycles. The second-order valence-electron chi connectivity index (χ2n) is 8.10. The predicted octanol–water partition coefficient (Wildman–Crippen LogP) is 4.89. The van der Waals surface area contributed by atoms with Crippen LogP contribution in [0.2, 0.25) is 0 Å². The van der Waals surface area contributed by atoms with Crippen molar-refractivity contribution < 1.29 is 18.3 Å². The highest BCUT2D eigenvalue weighted by Crippen LogP contribution is 2.39. The highest BCUT2D eigenvalue weighted by atomic mass is 19.1. The number of halogens is 1. The predicted molar refractivity (Wildman–Crippen MR) is 121 cm³/mol. The number of benzene rings is 2. The van der Waals surface area contributed by atoms with Crippen molar-refractivity contribution in [3.8, 4) is 28.3 Å². The van der Waals surface area contributed by atoms with E-state index in [9.17, 15) is 9.18 Å². The van der Waals surface area contributed by atoms with Gasteiger partial charge >= 0.3 is 0 Å². The van der Waals surface area contributed by atoms with Gasteiger partial charge in [0.25, 0.3) is 5.91 Å². The average Bonchev–Trinajstić information content (AvgIpc) is 3.49. The molecule has 2 aromatic heterocycles. The molecule has 1 aliphatic rings. The Morgan fingerprint density at radius 1 is 1.18 bits per heavy atom. The van der Waals surface area contributed by atoms with Crippen LogP contribution in [0.4, 0.5) is 4.39 Å². The summed E-state index contributed by atoms with van der Waals surface area (Å²) in [5, 5.41) is 2.93. The van der Waals surface area contributed by atoms with Crippen molar-refractivity contribution in [1.82, 2.24) is 15.3 Å². The number of nitrogens with zero attached hydrogens (tertiary/aromatic N) is 2. The molecule has 1 aliphatic heterocycles. The molecule has 6 nitrogen and oxygen atoms in total. The van der Waals surface area contributed by atoms with Gasteiger partial charge in [-0.3, -0.25) is 9.78 Å². The maximum absolute atomic E-state index is 14.4. The molecule has 0 unspecified atom stereocenters. The van der Waals surface area contributed by atoms with Gasteiger partial charge in [0.1, 0.15) is 23.4 Å². The topological polar surface area (TPSA) is 77.2 Å². The van der Waals surface area contributed by atoms with Gasteiger partial charge in [-0.05, 0) is 50.2 Å². The first-order valence-electron chi connectivity index (χ1n) is 10.7. The molecule has 4 aromatic rings. The van der Waals surface area contributed by atoms with E-state index in [1.54, 1.807) is 30.7 Å². The number of hydrogen-bond acceptors (Lipinski definition) is 5. The van der Waals surface area contributed by atoms with E-state index in [-0.39, 0.29) is 24.4 Å². The van der Waals surface area contributed by atoms with E-state index in [0.717, 1.165) is 16.8 Å². The zero-order valence-electron chi connectivity index (χ0n) is 18.3. The summed E-state index contributed by atoms with van der Waals surface area (Å²) in [6.45, 7) is 3.97. The maximum atomic E-state index is 14.4. The van der Waals surface area contributed by atoms with Gasteiger partial charge in [0, 0.05) is 34.9 Å². The van der Waals surface area contributed by atoms with E-state index in [2.05, 4.69) is 15.3 Å². The second kappa shape index (κ2) is 8.50. The Bertz CT molecular complexity index is 1330. The molecule has 0 saturated carbocycles. The fourth-order valence-corrected chi connectivity index (χ4v) is 4.04. The van der Waals surface area contributed by atoms with Crippen LogP contribution in [0, 0.1) is 19.7 Å². The molecule has 7 heteroatoms. The van der Waals surface area contributed by atoms with Crippen LogP contribution in [0.25, 0.3) is 22.6 Å². The summed E-state index contributed by atoms with van der Waals surface area (Å²) in [5.41, 5.74) is 4.73. The van der Waals surface area contributed by atoms with Crippen molar-refractivity contribution in [1.29, 1.82) is 0 Å². The number of furan rings is 1. The van der Waals surface area contributed by atoms with Crippen molar-refractivity contribution >= 4 is 5.91 Å². The van der Waals surface area contributed by atoms with Crippen LogP contribution in [0.1, 0.15) is 27.3 Å².